The molecule has 0 heterocycles. The molecule has 21 heavy (non-hydrogen) atoms. The van der Waals surface area contributed by atoms with E-state index in [-0.39, 0.29) is 0 Å². The topological polar surface area (TPSA) is 62.5 Å². The first kappa shape index (κ1) is 15.7. The Labute approximate surface area is 126 Å². The summed E-state index contributed by atoms with van der Waals surface area (Å²) in [6.45, 7) is 2.14. The maximum absolute atomic E-state index is 10.9. The zero-order chi connectivity index (χ0) is 15.5. The second-order valence-electron chi connectivity index (χ2n) is 5.98. The predicted molar refractivity (Wildman–Crippen MR) is 80.2 cm³/mol. The molecule has 0 radical (unpaired) electrons. The Morgan fingerprint density at radius 1 is 1.38 bits per heavy atom. The van der Waals surface area contributed by atoms with Gasteiger partial charge < -0.3 is 14.6 Å². The molecule has 0 amide bonds. The average Bonchev–Trinajstić information content (AvgIpc) is 2.53. The molecule has 3 unspecified atom stereocenters. The van der Waals surface area contributed by atoms with Crippen molar-refractivity contribution in [3.63, 3.8) is 0 Å². The van der Waals surface area contributed by atoms with E-state index in [0.29, 0.717) is 29.4 Å². The third-order valence-electron chi connectivity index (χ3n) is 4.51. The van der Waals surface area contributed by atoms with Crippen molar-refractivity contribution in [2.75, 3.05) is 14.2 Å². The molecule has 2 rings (SSSR count). The second-order valence-corrected chi connectivity index (χ2v) is 5.98. The van der Waals surface area contributed by atoms with Crippen molar-refractivity contribution in [3.05, 3.63) is 23.8 Å². The summed E-state index contributed by atoms with van der Waals surface area (Å²) in [5.74, 6) is 1.70. The lowest BCUT2D eigenvalue weighted by atomic mass is 9.66. The van der Waals surface area contributed by atoms with E-state index >= 15 is 0 Å². The normalized spacial score (nSPS) is 26.7. The molecule has 1 aliphatic rings. The van der Waals surface area contributed by atoms with Gasteiger partial charge in [0.15, 0.2) is 0 Å². The zero-order valence-electron chi connectivity index (χ0n) is 12.9. The highest BCUT2D eigenvalue weighted by molar-refractivity contribution is 5.43. The van der Waals surface area contributed by atoms with Crippen LogP contribution in [0.5, 0.6) is 11.5 Å². The molecule has 0 bridgehead atoms. The predicted octanol–water partition coefficient (Wildman–Crippen LogP) is 3.46. The van der Waals surface area contributed by atoms with Gasteiger partial charge in [-0.1, -0.05) is 19.8 Å². The number of methoxy groups -OCH3 is 2. The van der Waals surface area contributed by atoms with Gasteiger partial charge in [-0.15, -0.1) is 0 Å². The number of hydrogen-bond acceptors (Lipinski definition) is 4. The zero-order valence-corrected chi connectivity index (χ0v) is 12.9. The van der Waals surface area contributed by atoms with Crippen molar-refractivity contribution in [1.82, 2.24) is 0 Å². The highest BCUT2D eigenvalue weighted by atomic mass is 16.5. The molecule has 0 spiro atoms. The molecule has 4 heteroatoms. The van der Waals surface area contributed by atoms with Gasteiger partial charge in [0.05, 0.1) is 25.7 Å². The maximum atomic E-state index is 10.9. The van der Waals surface area contributed by atoms with Crippen LogP contribution in [0, 0.1) is 22.7 Å². The first-order chi connectivity index (χ1) is 10.1. The molecule has 0 aromatic heterocycles. The van der Waals surface area contributed by atoms with Crippen LogP contribution in [-0.4, -0.2) is 19.3 Å². The fraction of sp³-hybridized carbons (Fsp3) is 0.588. The fourth-order valence-electron chi connectivity index (χ4n) is 3.35. The van der Waals surface area contributed by atoms with Gasteiger partial charge in [-0.25, -0.2) is 0 Å². The molecular formula is C17H23NO3. The summed E-state index contributed by atoms with van der Waals surface area (Å²) in [5, 5.41) is 20.6. The summed E-state index contributed by atoms with van der Waals surface area (Å²) in [6, 6.07) is 7.72. The fourth-order valence-corrected chi connectivity index (χ4v) is 3.35. The van der Waals surface area contributed by atoms with E-state index in [2.05, 4.69) is 13.0 Å². The van der Waals surface area contributed by atoms with Gasteiger partial charge in [0.25, 0.3) is 0 Å². The highest BCUT2D eigenvalue weighted by Gasteiger charge is 2.43. The number of ether oxygens (including phenoxy) is 2. The third-order valence-corrected chi connectivity index (χ3v) is 4.51. The van der Waals surface area contributed by atoms with Gasteiger partial charge in [-0.3, -0.25) is 0 Å². The van der Waals surface area contributed by atoms with Crippen molar-refractivity contribution < 1.29 is 14.6 Å². The minimum atomic E-state index is -0.865. The van der Waals surface area contributed by atoms with E-state index in [4.69, 9.17) is 9.47 Å². The van der Waals surface area contributed by atoms with Crippen LogP contribution in [0.3, 0.4) is 0 Å². The van der Waals surface area contributed by atoms with Crippen LogP contribution in [0.4, 0.5) is 0 Å². The van der Waals surface area contributed by atoms with Crippen LogP contribution < -0.4 is 9.47 Å². The van der Waals surface area contributed by atoms with Crippen LogP contribution in [0.1, 0.15) is 44.3 Å². The van der Waals surface area contributed by atoms with Crippen LogP contribution in [0.25, 0.3) is 0 Å². The largest absolute Gasteiger partial charge is 0.497 e. The smallest absolute Gasteiger partial charge is 0.124 e. The summed E-state index contributed by atoms with van der Waals surface area (Å²) in [5.41, 5.74) is -0.107. The van der Waals surface area contributed by atoms with E-state index in [0.717, 1.165) is 19.3 Å². The average molecular weight is 289 g/mol. The Balaban J connectivity index is 2.41. The quantitative estimate of drug-likeness (QED) is 0.922. The Bertz CT molecular complexity index is 537. The van der Waals surface area contributed by atoms with Crippen LogP contribution in [-0.2, 0) is 0 Å². The summed E-state index contributed by atoms with van der Waals surface area (Å²) >= 11 is 0. The second kappa shape index (κ2) is 6.36. The Morgan fingerprint density at radius 2 is 2.14 bits per heavy atom. The van der Waals surface area contributed by atoms with Gasteiger partial charge in [-0.05, 0) is 37.0 Å². The minimum Gasteiger partial charge on any atom is -0.497 e. The molecule has 1 saturated carbocycles. The number of rotatable bonds is 4. The number of nitrogens with zero attached hydrogens (tertiary/aromatic N) is 1. The van der Waals surface area contributed by atoms with Gasteiger partial charge in [0, 0.05) is 5.56 Å². The molecule has 1 aromatic rings. The monoisotopic (exact) mass is 289 g/mol. The molecule has 0 aliphatic heterocycles. The summed E-state index contributed by atoms with van der Waals surface area (Å²) in [4.78, 5) is 0. The van der Waals surface area contributed by atoms with Crippen molar-refractivity contribution >= 4 is 0 Å². The molecule has 1 aliphatic carbocycles. The van der Waals surface area contributed by atoms with Gasteiger partial charge >= 0.3 is 0 Å². The van der Waals surface area contributed by atoms with Crippen LogP contribution in [0.2, 0.25) is 0 Å². The molecule has 114 valence electrons. The standard InChI is InChI=1S/C17H23NO3/c1-12-5-4-8-17(10-12,11-18)16(19)14-9-13(20-2)6-7-15(14)21-3/h6-7,9,12,16,19H,4-5,8,10H2,1-3H3. The summed E-state index contributed by atoms with van der Waals surface area (Å²) in [6.07, 6.45) is 2.65. The Hall–Kier alpha value is -1.73. The first-order valence-electron chi connectivity index (χ1n) is 7.37. The first-order valence-corrected chi connectivity index (χ1v) is 7.37. The van der Waals surface area contributed by atoms with Crippen LogP contribution >= 0.6 is 0 Å². The van der Waals surface area contributed by atoms with Crippen molar-refractivity contribution in [1.29, 1.82) is 5.26 Å². The summed E-state index contributed by atoms with van der Waals surface area (Å²) < 4.78 is 10.6. The van der Waals surface area contributed by atoms with E-state index in [1.165, 1.54) is 0 Å². The molecule has 3 atom stereocenters. The number of aliphatic hydroxyl groups is 1. The van der Waals surface area contributed by atoms with Crippen molar-refractivity contribution in [2.24, 2.45) is 11.3 Å². The van der Waals surface area contributed by atoms with Gasteiger partial charge in [0.1, 0.15) is 17.6 Å². The third kappa shape index (κ3) is 2.98. The SMILES string of the molecule is COc1ccc(OC)c(C(O)C2(C#N)CCCC(C)C2)c1. The molecule has 0 saturated heterocycles. The lowest BCUT2D eigenvalue weighted by molar-refractivity contribution is 0.0202. The number of aliphatic hydroxyl groups excluding tert-OH is 1. The maximum Gasteiger partial charge on any atom is 0.124 e. The van der Waals surface area contributed by atoms with E-state index in [1.807, 2.05) is 0 Å². The Morgan fingerprint density at radius 3 is 2.71 bits per heavy atom. The van der Waals surface area contributed by atoms with E-state index in [9.17, 15) is 10.4 Å². The molecule has 4 nitrogen and oxygen atoms in total. The number of hydrogen-bond donors (Lipinski definition) is 1. The number of benzene rings is 1. The lowest BCUT2D eigenvalue weighted by Gasteiger charge is -2.38. The van der Waals surface area contributed by atoms with Gasteiger partial charge in [0.2, 0.25) is 0 Å². The molecule has 1 aromatic carbocycles. The van der Waals surface area contributed by atoms with E-state index < -0.39 is 11.5 Å². The summed E-state index contributed by atoms with van der Waals surface area (Å²) in [7, 11) is 3.15. The Kier molecular flexibility index (Phi) is 4.74. The highest BCUT2D eigenvalue weighted by Crippen LogP contribution is 2.49. The van der Waals surface area contributed by atoms with E-state index in [1.54, 1.807) is 32.4 Å². The van der Waals surface area contributed by atoms with Crippen molar-refractivity contribution in [2.45, 2.75) is 38.7 Å². The van der Waals surface area contributed by atoms with Crippen LogP contribution in [0.15, 0.2) is 18.2 Å². The van der Waals surface area contributed by atoms with Crippen molar-refractivity contribution in [3.8, 4) is 17.6 Å². The van der Waals surface area contributed by atoms with Gasteiger partial charge in [-0.2, -0.15) is 5.26 Å². The number of nitriles is 1. The molecule has 1 fully saturated rings. The lowest BCUT2D eigenvalue weighted by Crippen LogP contribution is -2.33. The molecule has 1 N–H and O–H groups in total. The molecular weight excluding hydrogens is 266 g/mol. The minimum absolute atomic E-state index is 0.449.